The van der Waals surface area contributed by atoms with Crippen LogP contribution in [0.2, 0.25) is 0 Å². The molecule has 0 aliphatic carbocycles. The van der Waals surface area contributed by atoms with E-state index in [1.54, 1.807) is 6.07 Å². The number of fused-ring (bicyclic) bond motifs is 1. The quantitative estimate of drug-likeness (QED) is 0.748. The van der Waals surface area contributed by atoms with Crippen molar-refractivity contribution < 1.29 is 9.53 Å². The number of para-hydroxylation sites is 1. The predicted octanol–water partition coefficient (Wildman–Crippen LogP) is 3.95. The number of benzene rings is 2. The molecular weight excluding hydrogens is 300 g/mol. The average Bonchev–Trinajstić information content (AvgIpc) is 2.65. The lowest BCUT2D eigenvalue weighted by molar-refractivity contribution is 0.0946. The van der Waals surface area contributed by atoms with Crippen molar-refractivity contribution in [3.63, 3.8) is 0 Å². The third-order valence-electron chi connectivity index (χ3n) is 3.68. The van der Waals surface area contributed by atoms with E-state index in [1.165, 1.54) is 0 Å². The van der Waals surface area contributed by atoms with Crippen LogP contribution in [0, 0.1) is 0 Å². The summed E-state index contributed by atoms with van der Waals surface area (Å²) in [5.74, 6) is 0.676. The second-order valence-electron chi connectivity index (χ2n) is 5.56. The van der Waals surface area contributed by atoms with Crippen LogP contribution in [-0.2, 0) is 6.54 Å². The van der Waals surface area contributed by atoms with Crippen LogP contribution < -0.4 is 10.1 Å². The van der Waals surface area contributed by atoms with E-state index < -0.39 is 0 Å². The smallest absolute Gasteiger partial charge is 0.270 e. The number of nitrogens with one attached hydrogen (secondary N) is 1. The second kappa shape index (κ2) is 7.59. The molecule has 1 heterocycles. The third kappa shape index (κ3) is 3.90. The van der Waals surface area contributed by atoms with E-state index in [-0.39, 0.29) is 5.91 Å². The number of carbonyl (C=O) groups is 1. The second-order valence-corrected chi connectivity index (χ2v) is 5.56. The van der Waals surface area contributed by atoms with Gasteiger partial charge in [-0.1, -0.05) is 43.3 Å². The van der Waals surface area contributed by atoms with Gasteiger partial charge in [-0.25, -0.2) is 4.98 Å². The Morgan fingerprint density at radius 3 is 2.62 bits per heavy atom. The largest absolute Gasteiger partial charge is 0.494 e. The van der Waals surface area contributed by atoms with Gasteiger partial charge in [-0.2, -0.15) is 0 Å². The SMILES string of the molecule is CCCOc1ccc(CNC(=O)c2ccc3ccccc3n2)cc1. The number of pyridine rings is 1. The van der Waals surface area contributed by atoms with Gasteiger partial charge < -0.3 is 10.1 Å². The summed E-state index contributed by atoms with van der Waals surface area (Å²) in [6.07, 6.45) is 0.983. The van der Waals surface area contributed by atoms with Crippen molar-refractivity contribution in [2.75, 3.05) is 6.61 Å². The van der Waals surface area contributed by atoms with Gasteiger partial charge in [0.15, 0.2) is 0 Å². The van der Waals surface area contributed by atoms with Crippen LogP contribution >= 0.6 is 0 Å². The summed E-state index contributed by atoms with van der Waals surface area (Å²) in [5.41, 5.74) is 2.27. The van der Waals surface area contributed by atoms with E-state index in [4.69, 9.17) is 4.74 Å². The van der Waals surface area contributed by atoms with Crippen LogP contribution in [0.3, 0.4) is 0 Å². The Morgan fingerprint density at radius 1 is 1.04 bits per heavy atom. The minimum atomic E-state index is -0.174. The van der Waals surface area contributed by atoms with E-state index in [1.807, 2.05) is 54.6 Å². The van der Waals surface area contributed by atoms with Crippen LogP contribution in [-0.4, -0.2) is 17.5 Å². The standard InChI is InChI=1S/C20H20N2O2/c1-2-13-24-17-10-7-15(8-11-17)14-21-20(23)19-12-9-16-5-3-4-6-18(16)22-19/h3-12H,2,13-14H2,1H3,(H,21,23). The number of amides is 1. The van der Waals surface area contributed by atoms with Crippen LogP contribution in [0.25, 0.3) is 10.9 Å². The van der Waals surface area contributed by atoms with Gasteiger partial charge in [0.1, 0.15) is 11.4 Å². The van der Waals surface area contributed by atoms with Gasteiger partial charge in [-0.05, 0) is 36.2 Å². The molecule has 0 aliphatic rings. The van der Waals surface area contributed by atoms with Crippen molar-refractivity contribution in [3.8, 4) is 5.75 Å². The molecule has 3 rings (SSSR count). The van der Waals surface area contributed by atoms with Crippen molar-refractivity contribution in [1.82, 2.24) is 10.3 Å². The van der Waals surface area contributed by atoms with Crippen LogP contribution in [0.15, 0.2) is 60.7 Å². The summed E-state index contributed by atoms with van der Waals surface area (Å²) in [6, 6.07) is 19.2. The van der Waals surface area contributed by atoms with Crippen molar-refractivity contribution in [3.05, 3.63) is 71.9 Å². The van der Waals surface area contributed by atoms with Crippen molar-refractivity contribution >= 4 is 16.8 Å². The summed E-state index contributed by atoms with van der Waals surface area (Å²) in [7, 11) is 0. The fourth-order valence-electron chi connectivity index (χ4n) is 2.39. The van der Waals surface area contributed by atoms with Gasteiger partial charge in [-0.3, -0.25) is 4.79 Å². The van der Waals surface area contributed by atoms with Gasteiger partial charge in [-0.15, -0.1) is 0 Å². The minimum Gasteiger partial charge on any atom is -0.494 e. The predicted molar refractivity (Wildman–Crippen MR) is 95.1 cm³/mol. The molecular formula is C20H20N2O2. The monoisotopic (exact) mass is 320 g/mol. The first-order chi connectivity index (χ1) is 11.8. The topological polar surface area (TPSA) is 51.2 Å². The lowest BCUT2D eigenvalue weighted by Crippen LogP contribution is -2.23. The van der Waals surface area contributed by atoms with Crippen molar-refractivity contribution in [2.24, 2.45) is 0 Å². The number of nitrogens with zero attached hydrogens (tertiary/aromatic N) is 1. The Balaban J connectivity index is 1.61. The molecule has 0 saturated carbocycles. The first-order valence-corrected chi connectivity index (χ1v) is 8.12. The number of hydrogen-bond donors (Lipinski definition) is 1. The fraction of sp³-hybridized carbons (Fsp3) is 0.200. The Bertz CT molecular complexity index is 828. The summed E-state index contributed by atoms with van der Waals surface area (Å²) < 4.78 is 5.55. The zero-order valence-corrected chi connectivity index (χ0v) is 13.7. The van der Waals surface area contributed by atoms with Crippen LogP contribution in [0.5, 0.6) is 5.75 Å². The molecule has 0 unspecified atom stereocenters. The highest BCUT2D eigenvalue weighted by Crippen LogP contribution is 2.13. The highest BCUT2D eigenvalue weighted by molar-refractivity contribution is 5.94. The highest BCUT2D eigenvalue weighted by atomic mass is 16.5. The molecule has 4 heteroatoms. The summed E-state index contributed by atoms with van der Waals surface area (Å²) >= 11 is 0. The maximum Gasteiger partial charge on any atom is 0.270 e. The number of aromatic nitrogens is 1. The van der Waals surface area contributed by atoms with Crippen molar-refractivity contribution in [1.29, 1.82) is 0 Å². The molecule has 0 radical (unpaired) electrons. The zero-order valence-electron chi connectivity index (χ0n) is 13.7. The van der Waals surface area contributed by atoms with Gasteiger partial charge >= 0.3 is 0 Å². The van der Waals surface area contributed by atoms with E-state index in [0.717, 1.165) is 28.6 Å². The molecule has 0 bridgehead atoms. The normalized spacial score (nSPS) is 10.5. The molecule has 3 aromatic rings. The third-order valence-corrected chi connectivity index (χ3v) is 3.68. The fourth-order valence-corrected chi connectivity index (χ4v) is 2.39. The molecule has 2 aromatic carbocycles. The molecule has 4 nitrogen and oxygen atoms in total. The number of hydrogen-bond acceptors (Lipinski definition) is 3. The van der Waals surface area contributed by atoms with E-state index in [2.05, 4.69) is 17.2 Å². The van der Waals surface area contributed by atoms with Gasteiger partial charge in [0, 0.05) is 11.9 Å². The summed E-state index contributed by atoms with van der Waals surface area (Å²) in [5, 5.41) is 3.93. The Hall–Kier alpha value is -2.88. The number of carbonyl (C=O) groups excluding carboxylic acids is 1. The lowest BCUT2D eigenvalue weighted by Gasteiger charge is -2.08. The Morgan fingerprint density at radius 2 is 1.83 bits per heavy atom. The molecule has 1 aromatic heterocycles. The zero-order chi connectivity index (χ0) is 16.8. The summed E-state index contributed by atoms with van der Waals surface area (Å²) in [6.45, 7) is 3.25. The highest BCUT2D eigenvalue weighted by Gasteiger charge is 2.07. The molecule has 122 valence electrons. The van der Waals surface area contributed by atoms with E-state index >= 15 is 0 Å². The Labute approximate surface area is 141 Å². The molecule has 1 amide bonds. The number of rotatable bonds is 6. The first kappa shape index (κ1) is 16.0. The van der Waals surface area contributed by atoms with Gasteiger partial charge in [0.25, 0.3) is 5.91 Å². The summed E-state index contributed by atoms with van der Waals surface area (Å²) in [4.78, 5) is 16.7. The molecule has 0 saturated heterocycles. The van der Waals surface area contributed by atoms with E-state index in [9.17, 15) is 4.79 Å². The van der Waals surface area contributed by atoms with Crippen molar-refractivity contribution in [2.45, 2.75) is 19.9 Å². The maximum absolute atomic E-state index is 12.3. The molecule has 0 spiro atoms. The lowest BCUT2D eigenvalue weighted by atomic mass is 10.2. The van der Waals surface area contributed by atoms with Crippen LogP contribution in [0.1, 0.15) is 29.4 Å². The van der Waals surface area contributed by atoms with Gasteiger partial charge in [0.05, 0.1) is 12.1 Å². The molecule has 0 fully saturated rings. The minimum absolute atomic E-state index is 0.174. The molecule has 24 heavy (non-hydrogen) atoms. The Kier molecular flexibility index (Phi) is 5.06. The average molecular weight is 320 g/mol. The van der Waals surface area contributed by atoms with E-state index in [0.29, 0.717) is 18.8 Å². The molecule has 0 atom stereocenters. The molecule has 0 aliphatic heterocycles. The molecule has 1 N–H and O–H groups in total. The number of ether oxygens (including phenoxy) is 1. The first-order valence-electron chi connectivity index (χ1n) is 8.12. The maximum atomic E-state index is 12.3. The van der Waals surface area contributed by atoms with Crippen LogP contribution in [0.4, 0.5) is 0 Å². The van der Waals surface area contributed by atoms with Gasteiger partial charge in [0.2, 0.25) is 0 Å².